The number of hydrogen-bond acceptors (Lipinski definition) is 2. The van der Waals surface area contributed by atoms with Gasteiger partial charge in [-0.3, -0.25) is 4.90 Å². The number of piperazine rings is 1. The molecule has 3 aliphatic rings. The van der Waals surface area contributed by atoms with Gasteiger partial charge in [0, 0.05) is 31.2 Å². The minimum atomic E-state index is 0.418. The van der Waals surface area contributed by atoms with Crippen LogP contribution in [0.25, 0.3) is 0 Å². The van der Waals surface area contributed by atoms with Gasteiger partial charge in [0.25, 0.3) is 0 Å². The first kappa shape index (κ1) is 12.9. The molecule has 0 amide bonds. The first-order valence-corrected chi connectivity index (χ1v) is 8.07. The molecule has 0 radical (unpaired) electrons. The lowest BCUT2D eigenvalue weighted by Gasteiger charge is -2.48. The van der Waals surface area contributed by atoms with Crippen LogP contribution in [0, 0.1) is 17.8 Å². The molecule has 104 valence electrons. The number of nitrogens with one attached hydrogen (secondary N) is 1. The van der Waals surface area contributed by atoms with Crippen molar-refractivity contribution in [3.8, 4) is 0 Å². The van der Waals surface area contributed by atoms with Crippen molar-refractivity contribution in [2.45, 2.75) is 64.5 Å². The summed E-state index contributed by atoms with van der Waals surface area (Å²) in [5.74, 6) is 2.81. The molecule has 0 spiro atoms. The maximum Gasteiger partial charge on any atom is 0.0309 e. The summed E-state index contributed by atoms with van der Waals surface area (Å²) in [6.07, 6.45) is 7.22. The summed E-state index contributed by atoms with van der Waals surface area (Å²) in [4.78, 5) is 2.82. The van der Waals surface area contributed by atoms with E-state index in [4.69, 9.17) is 0 Å². The highest BCUT2D eigenvalue weighted by Gasteiger charge is 2.45. The van der Waals surface area contributed by atoms with Crippen LogP contribution in [-0.2, 0) is 0 Å². The molecule has 2 heteroatoms. The summed E-state index contributed by atoms with van der Waals surface area (Å²) in [5, 5.41) is 3.81. The lowest BCUT2D eigenvalue weighted by molar-refractivity contribution is 0.0372. The van der Waals surface area contributed by atoms with Gasteiger partial charge in [-0.05, 0) is 56.8 Å². The molecule has 0 bridgehead atoms. The molecule has 3 rings (SSSR count). The fourth-order valence-electron chi connectivity index (χ4n) is 4.51. The van der Waals surface area contributed by atoms with Gasteiger partial charge < -0.3 is 5.32 Å². The molecule has 18 heavy (non-hydrogen) atoms. The molecule has 2 nitrogen and oxygen atoms in total. The van der Waals surface area contributed by atoms with Crippen LogP contribution in [0.4, 0.5) is 0 Å². The van der Waals surface area contributed by atoms with Gasteiger partial charge >= 0.3 is 0 Å². The maximum atomic E-state index is 3.81. The van der Waals surface area contributed by atoms with Crippen molar-refractivity contribution in [3.63, 3.8) is 0 Å². The third kappa shape index (κ3) is 2.46. The average molecular weight is 250 g/mol. The molecule has 4 atom stereocenters. The van der Waals surface area contributed by atoms with Gasteiger partial charge in [-0.15, -0.1) is 0 Å². The highest BCUT2D eigenvalue weighted by molar-refractivity contribution is 5.03. The molecule has 1 saturated heterocycles. The molecule has 3 fully saturated rings. The Morgan fingerprint density at radius 2 is 1.89 bits per heavy atom. The van der Waals surface area contributed by atoms with E-state index in [0.29, 0.717) is 5.54 Å². The Labute approximate surface area is 113 Å². The molecule has 2 saturated carbocycles. The molecular weight excluding hydrogens is 220 g/mol. The summed E-state index contributed by atoms with van der Waals surface area (Å²) in [7, 11) is 0. The topological polar surface area (TPSA) is 15.3 Å². The van der Waals surface area contributed by atoms with Crippen LogP contribution in [0.5, 0.6) is 0 Å². The highest BCUT2D eigenvalue weighted by atomic mass is 15.3. The molecule has 1 N–H and O–H groups in total. The summed E-state index contributed by atoms with van der Waals surface area (Å²) in [6.45, 7) is 11.1. The molecule has 1 heterocycles. The predicted octanol–water partition coefficient (Wildman–Crippen LogP) is 2.89. The maximum absolute atomic E-state index is 3.81. The minimum absolute atomic E-state index is 0.418. The second-order valence-corrected chi connectivity index (χ2v) is 7.55. The summed E-state index contributed by atoms with van der Waals surface area (Å²) >= 11 is 0. The van der Waals surface area contributed by atoms with Crippen molar-refractivity contribution in [1.82, 2.24) is 10.2 Å². The Balaban J connectivity index is 1.64. The molecular formula is C16H30N2. The Hall–Kier alpha value is -0.0800. The van der Waals surface area contributed by atoms with E-state index in [2.05, 4.69) is 31.0 Å². The van der Waals surface area contributed by atoms with E-state index >= 15 is 0 Å². The van der Waals surface area contributed by atoms with Crippen molar-refractivity contribution in [1.29, 1.82) is 0 Å². The van der Waals surface area contributed by atoms with Gasteiger partial charge in [0.05, 0.1) is 0 Å². The molecule has 2 aliphatic carbocycles. The van der Waals surface area contributed by atoms with Crippen LogP contribution < -0.4 is 5.32 Å². The molecule has 4 unspecified atom stereocenters. The fraction of sp³-hybridized carbons (Fsp3) is 1.00. The zero-order valence-corrected chi connectivity index (χ0v) is 12.4. The smallest absolute Gasteiger partial charge is 0.0309 e. The monoisotopic (exact) mass is 250 g/mol. The zero-order valence-electron chi connectivity index (χ0n) is 12.4. The highest BCUT2D eigenvalue weighted by Crippen LogP contribution is 2.42. The van der Waals surface area contributed by atoms with Crippen molar-refractivity contribution < 1.29 is 0 Å². The lowest BCUT2D eigenvalue weighted by atomic mass is 9.78. The summed E-state index contributed by atoms with van der Waals surface area (Å²) in [5.41, 5.74) is 0.418. The van der Waals surface area contributed by atoms with E-state index in [1.165, 1.54) is 51.7 Å². The Bertz CT molecular complexity index is 299. The van der Waals surface area contributed by atoms with Crippen LogP contribution >= 0.6 is 0 Å². The SMILES string of the molecule is CC1CCC(N2CCNC(C)(C3CC3)C2)C(C)C1. The molecule has 0 aromatic heterocycles. The van der Waals surface area contributed by atoms with Crippen LogP contribution in [-0.4, -0.2) is 36.1 Å². The number of nitrogens with zero attached hydrogens (tertiary/aromatic N) is 1. The van der Waals surface area contributed by atoms with Crippen LogP contribution in [0.15, 0.2) is 0 Å². The summed E-state index contributed by atoms with van der Waals surface area (Å²) in [6, 6.07) is 0.862. The van der Waals surface area contributed by atoms with Gasteiger partial charge in [-0.25, -0.2) is 0 Å². The van der Waals surface area contributed by atoms with E-state index in [9.17, 15) is 0 Å². The van der Waals surface area contributed by atoms with E-state index in [0.717, 1.165) is 23.8 Å². The Morgan fingerprint density at radius 3 is 2.56 bits per heavy atom. The molecule has 1 aliphatic heterocycles. The third-order valence-corrected chi connectivity index (χ3v) is 5.79. The Kier molecular flexibility index (Phi) is 3.44. The van der Waals surface area contributed by atoms with Gasteiger partial charge in [0.15, 0.2) is 0 Å². The van der Waals surface area contributed by atoms with Gasteiger partial charge in [0.1, 0.15) is 0 Å². The van der Waals surface area contributed by atoms with Gasteiger partial charge in [0.2, 0.25) is 0 Å². The normalized spacial score (nSPS) is 47.2. The van der Waals surface area contributed by atoms with Crippen molar-refractivity contribution in [2.24, 2.45) is 17.8 Å². The first-order valence-electron chi connectivity index (χ1n) is 8.07. The quantitative estimate of drug-likeness (QED) is 0.811. The number of hydrogen-bond donors (Lipinski definition) is 1. The number of rotatable bonds is 2. The van der Waals surface area contributed by atoms with Crippen LogP contribution in [0.3, 0.4) is 0 Å². The van der Waals surface area contributed by atoms with E-state index in [-0.39, 0.29) is 0 Å². The predicted molar refractivity (Wildman–Crippen MR) is 76.7 cm³/mol. The lowest BCUT2D eigenvalue weighted by Crippen LogP contribution is -2.63. The van der Waals surface area contributed by atoms with Crippen LogP contribution in [0.2, 0.25) is 0 Å². The minimum Gasteiger partial charge on any atom is -0.309 e. The van der Waals surface area contributed by atoms with Crippen LogP contribution in [0.1, 0.15) is 52.9 Å². The second kappa shape index (κ2) is 4.79. The third-order valence-electron chi connectivity index (χ3n) is 5.79. The van der Waals surface area contributed by atoms with E-state index < -0.39 is 0 Å². The fourth-order valence-corrected chi connectivity index (χ4v) is 4.51. The average Bonchev–Trinajstić information content (AvgIpc) is 3.12. The first-order chi connectivity index (χ1) is 8.58. The van der Waals surface area contributed by atoms with Gasteiger partial charge in [-0.1, -0.05) is 13.8 Å². The standard InChI is InChI=1S/C16H30N2/c1-12-4-7-15(13(2)10-12)18-9-8-17-16(3,11-18)14-5-6-14/h12-15,17H,4-11H2,1-3H3. The second-order valence-electron chi connectivity index (χ2n) is 7.55. The van der Waals surface area contributed by atoms with Crippen molar-refractivity contribution in [2.75, 3.05) is 19.6 Å². The van der Waals surface area contributed by atoms with Crippen molar-refractivity contribution >= 4 is 0 Å². The van der Waals surface area contributed by atoms with Gasteiger partial charge in [-0.2, -0.15) is 0 Å². The summed E-state index contributed by atoms with van der Waals surface area (Å²) < 4.78 is 0. The van der Waals surface area contributed by atoms with E-state index in [1.54, 1.807) is 0 Å². The van der Waals surface area contributed by atoms with E-state index in [1.807, 2.05) is 0 Å². The Morgan fingerprint density at radius 1 is 1.11 bits per heavy atom. The zero-order chi connectivity index (χ0) is 12.8. The largest absolute Gasteiger partial charge is 0.309 e. The van der Waals surface area contributed by atoms with Crippen molar-refractivity contribution in [3.05, 3.63) is 0 Å². The molecule has 0 aromatic carbocycles. The molecule has 0 aromatic rings.